The molecular weight excluding hydrogens is 298 g/mol. The van der Waals surface area contributed by atoms with Crippen LogP contribution in [0.5, 0.6) is 0 Å². The molecule has 0 fully saturated rings. The third-order valence-electron chi connectivity index (χ3n) is 4.72. The molecule has 0 saturated carbocycles. The van der Waals surface area contributed by atoms with Crippen molar-refractivity contribution in [1.29, 1.82) is 5.41 Å². The van der Waals surface area contributed by atoms with Gasteiger partial charge in [-0.15, -0.1) is 0 Å². The minimum Gasteiger partial charge on any atom is -0.475 e. The minimum atomic E-state index is -0.208. The van der Waals surface area contributed by atoms with Gasteiger partial charge in [0, 0.05) is 5.41 Å². The van der Waals surface area contributed by atoms with Gasteiger partial charge < -0.3 is 9.84 Å². The Hall–Kier alpha value is -0.570. The highest BCUT2D eigenvalue weighted by Gasteiger charge is 2.30. The molecule has 0 radical (unpaired) electrons. The molecule has 2 atom stereocenters. The van der Waals surface area contributed by atoms with Crippen molar-refractivity contribution in [2.75, 3.05) is 6.61 Å². The van der Waals surface area contributed by atoms with Crippen LogP contribution in [0.2, 0.25) is 0 Å². The van der Waals surface area contributed by atoms with Gasteiger partial charge in [-0.2, -0.15) is 0 Å². The fourth-order valence-electron chi connectivity index (χ4n) is 2.51. The summed E-state index contributed by atoms with van der Waals surface area (Å²) in [5.74, 6) is 0.348. The third kappa shape index (κ3) is 12.8. The van der Waals surface area contributed by atoms with Crippen LogP contribution in [0, 0.1) is 10.8 Å². The Morgan fingerprint density at radius 3 is 1.83 bits per heavy atom. The van der Waals surface area contributed by atoms with E-state index in [1.807, 2.05) is 0 Å². The third-order valence-corrected chi connectivity index (χ3v) is 4.72. The molecular formula is C21H45NO2. The van der Waals surface area contributed by atoms with Crippen molar-refractivity contribution in [3.8, 4) is 0 Å². The highest BCUT2D eigenvalue weighted by atomic mass is 16.5. The Bertz CT molecular complexity index is 277. The van der Waals surface area contributed by atoms with E-state index in [1.54, 1.807) is 0 Å². The molecule has 0 amide bonds. The van der Waals surface area contributed by atoms with E-state index >= 15 is 0 Å². The van der Waals surface area contributed by atoms with E-state index in [9.17, 15) is 5.11 Å². The number of aliphatic hydroxyl groups excluding tert-OH is 1. The Morgan fingerprint density at radius 2 is 1.46 bits per heavy atom. The lowest BCUT2D eigenvalue weighted by Gasteiger charge is -2.31. The van der Waals surface area contributed by atoms with E-state index in [0.717, 1.165) is 38.5 Å². The predicted molar refractivity (Wildman–Crippen MR) is 107 cm³/mol. The van der Waals surface area contributed by atoms with Crippen molar-refractivity contribution in [2.24, 2.45) is 5.41 Å². The van der Waals surface area contributed by atoms with Gasteiger partial charge in [0.2, 0.25) is 0 Å². The molecule has 24 heavy (non-hydrogen) atoms. The van der Waals surface area contributed by atoms with E-state index in [1.165, 1.54) is 32.1 Å². The first kappa shape index (κ1) is 25.7. The SMILES string of the molecule is CCCCC(C)(CC)C(=N)OC(CO)CCC.CCCCCCC. The van der Waals surface area contributed by atoms with Crippen molar-refractivity contribution in [3.05, 3.63) is 0 Å². The summed E-state index contributed by atoms with van der Waals surface area (Å²) in [6.45, 7) is 12.9. The maximum Gasteiger partial charge on any atom is 0.186 e. The summed E-state index contributed by atoms with van der Waals surface area (Å²) < 4.78 is 5.63. The summed E-state index contributed by atoms with van der Waals surface area (Å²) in [5, 5.41) is 17.3. The van der Waals surface area contributed by atoms with Gasteiger partial charge in [0.1, 0.15) is 6.10 Å². The molecule has 0 rings (SSSR count). The standard InChI is InChI=1S/C14H29NO2.C7H16/c1-5-8-10-14(4,7-3)13(15)17-12(11-16)9-6-2;1-3-5-7-6-4-2/h12,15-16H,5-11H2,1-4H3;3-7H2,1-2H3. The molecule has 2 N–H and O–H groups in total. The summed E-state index contributed by atoms with van der Waals surface area (Å²) in [5.41, 5.74) is -0.169. The molecule has 0 aliphatic heterocycles. The zero-order valence-electron chi connectivity index (χ0n) is 17.4. The summed E-state index contributed by atoms with van der Waals surface area (Å²) in [6.07, 6.45) is 12.7. The topological polar surface area (TPSA) is 53.3 Å². The van der Waals surface area contributed by atoms with Crippen LogP contribution in [0.15, 0.2) is 0 Å². The van der Waals surface area contributed by atoms with Crippen molar-refractivity contribution >= 4 is 5.90 Å². The van der Waals surface area contributed by atoms with E-state index in [4.69, 9.17) is 10.1 Å². The Kier molecular flexibility index (Phi) is 18.5. The van der Waals surface area contributed by atoms with Crippen molar-refractivity contribution < 1.29 is 9.84 Å². The van der Waals surface area contributed by atoms with Crippen LogP contribution < -0.4 is 0 Å². The fourth-order valence-corrected chi connectivity index (χ4v) is 2.51. The Morgan fingerprint density at radius 1 is 0.917 bits per heavy atom. The molecule has 2 unspecified atom stereocenters. The molecule has 0 saturated heterocycles. The highest BCUT2D eigenvalue weighted by molar-refractivity contribution is 5.79. The van der Waals surface area contributed by atoms with Crippen LogP contribution in [-0.2, 0) is 4.74 Å². The van der Waals surface area contributed by atoms with Gasteiger partial charge in [-0.05, 0) is 19.3 Å². The van der Waals surface area contributed by atoms with Gasteiger partial charge in [0.25, 0.3) is 0 Å². The first-order valence-corrected chi connectivity index (χ1v) is 10.3. The molecule has 0 spiro atoms. The largest absolute Gasteiger partial charge is 0.475 e. The van der Waals surface area contributed by atoms with Crippen molar-refractivity contribution in [2.45, 2.75) is 118 Å². The number of hydrogen-bond acceptors (Lipinski definition) is 3. The predicted octanol–water partition coefficient (Wildman–Crippen LogP) is 6.72. The molecule has 146 valence electrons. The number of aliphatic hydroxyl groups is 1. The smallest absolute Gasteiger partial charge is 0.186 e. The number of unbranched alkanes of at least 4 members (excludes halogenated alkanes) is 5. The Balaban J connectivity index is 0. The molecule has 0 aromatic carbocycles. The van der Waals surface area contributed by atoms with Crippen LogP contribution in [-0.4, -0.2) is 23.7 Å². The van der Waals surface area contributed by atoms with E-state index in [-0.39, 0.29) is 18.1 Å². The minimum absolute atomic E-state index is 0.00376. The molecule has 0 heterocycles. The second-order valence-corrected chi connectivity index (χ2v) is 7.12. The lowest BCUT2D eigenvalue weighted by molar-refractivity contribution is 0.0798. The summed E-state index contributed by atoms with van der Waals surface area (Å²) >= 11 is 0. The molecule has 3 nitrogen and oxygen atoms in total. The first-order valence-electron chi connectivity index (χ1n) is 10.3. The lowest BCUT2D eigenvalue weighted by Crippen LogP contribution is -2.33. The average Bonchev–Trinajstić information content (AvgIpc) is 2.60. The van der Waals surface area contributed by atoms with Gasteiger partial charge in [0.15, 0.2) is 5.90 Å². The average molecular weight is 344 g/mol. The highest BCUT2D eigenvalue weighted by Crippen LogP contribution is 2.30. The van der Waals surface area contributed by atoms with Gasteiger partial charge in [-0.3, -0.25) is 5.41 Å². The Labute approximate surface area is 152 Å². The molecule has 0 aromatic rings. The molecule has 0 bridgehead atoms. The second-order valence-electron chi connectivity index (χ2n) is 7.12. The lowest BCUT2D eigenvalue weighted by atomic mass is 9.82. The summed E-state index contributed by atoms with van der Waals surface area (Å²) in [6, 6.07) is 0. The zero-order chi connectivity index (χ0) is 18.8. The van der Waals surface area contributed by atoms with Crippen LogP contribution in [0.25, 0.3) is 0 Å². The van der Waals surface area contributed by atoms with Gasteiger partial charge in [-0.1, -0.05) is 92.9 Å². The van der Waals surface area contributed by atoms with Crippen LogP contribution in [0.4, 0.5) is 0 Å². The van der Waals surface area contributed by atoms with E-state index in [0.29, 0.717) is 5.90 Å². The number of ether oxygens (including phenoxy) is 1. The van der Waals surface area contributed by atoms with Crippen molar-refractivity contribution in [1.82, 2.24) is 0 Å². The fraction of sp³-hybridized carbons (Fsp3) is 0.952. The molecule has 3 heteroatoms. The van der Waals surface area contributed by atoms with Gasteiger partial charge >= 0.3 is 0 Å². The number of hydrogen-bond donors (Lipinski definition) is 2. The van der Waals surface area contributed by atoms with E-state index < -0.39 is 0 Å². The number of nitrogens with one attached hydrogen (secondary N) is 1. The van der Waals surface area contributed by atoms with E-state index in [2.05, 4.69) is 41.5 Å². The maximum absolute atomic E-state index is 9.20. The number of rotatable bonds is 13. The van der Waals surface area contributed by atoms with Crippen LogP contribution >= 0.6 is 0 Å². The van der Waals surface area contributed by atoms with Gasteiger partial charge in [0.05, 0.1) is 6.61 Å². The molecule has 0 aliphatic rings. The maximum atomic E-state index is 9.20. The summed E-state index contributed by atoms with van der Waals surface area (Å²) in [4.78, 5) is 0. The summed E-state index contributed by atoms with van der Waals surface area (Å²) in [7, 11) is 0. The molecule has 0 aliphatic carbocycles. The van der Waals surface area contributed by atoms with Crippen molar-refractivity contribution in [3.63, 3.8) is 0 Å². The zero-order valence-corrected chi connectivity index (χ0v) is 17.4. The van der Waals surface area contributed by atoms with Crippen LogP contribution in [0.3, 0.4) is 0 Å². The van der Waals surface area contributed by atoms with Gasteiger partial charge in [-0.25, -0.2) is 0 Å². The monoisotopic (exact) mass is 343 g/mol. The first-order chi connectivity index (χ1) is 11.4. The molecule has 0 aromatic heterocycles. The second kappa shape index (κ2) is 17.3. The van der Waals surface area contributed by atoms with Crippen LogP contribution in [0.1, 0.15) is 112 Å². The normalized spacial score (nSPS) is 14.3. The quantitative estimate of drug-likeness (QED) is 0.221.